The number of hydrogen-bond acceptors (Lipinski definition) is 4. The molecule has 0 fully saturated rings. The van der Waals surface area contributed by atoms with Crippen LogP contribution in [0.4, 0.5) is 5.95 Å². The van der Waals surface area contributed by atoms with E-state index in [0.29, 0.717) is 0 Å². The second kappa shape index (κ2) is 7.38. The van der Waals surface area contributed by atoms with Gasteiger partial charge in [0.2, 0.25) is 5.95 Å². The summed E-state index contributed by atoms with van der Waals surface area (Å²) in [5.41, 5.74) is 8.09. The summed E-state index contributed by atoms with van der Waals surface area (Å²) >= 11 is 0. The molecule has 0 amide bonds. The van der Waals surface area contributed by atoms with Crippen molar-refractivity contribution in [2.75, 3.05) is 5.32 Å². The van der Waals surface area contributed by atoms with Crippen LogP contribution in [0, 0.1) is 6.92 Å². The van der Waals surface area contributed by atoms with Crippen molar-refractivity contribution in [2.45, 2.75) is 32.4 Å². The van der Waals surface area contributed by atoms with Gasteiger partial charge >= 0.3 is 0 Å². The molecule has 0 radical (unpaired) electrons. The molecule has 0 spiro atoms. The summed E-state index contributed by atoms with van der Waals surface area (Å²) in [6.07, 6.45) is 2.39. The molecular weight excluding hydrogens is 396 g/mol. The van der Waals surface area contributed by atoms with Gasteiger partial charge in [-0.1, -0.05) is 73.2 Å². The third kappa shape index (κ3) is 2.93. The number of aryl methyl sites for hydroxylation is 2. The van der Waals surface area contributed by atoms with E-state index >= 15 is 0 Å². The summed E-state index contributed by atoms with van der Waals surface area (Å²) in [7, 11) is 0. The van der Waals surface area contributed by atoms with Crippen molar-refractivity contribution in [3.05, 3.63) is 113 Å². The first kappa shape index (κ1) is 18.9. The largest absolute Gasteiger partial charge is 0.480 e. The minimum atomic E-state index is -0.234. The van der Waals surface area contributed by atoms with Crippen LogP contribution in [-0.2, 0) is 6.42 Å². The van der Waals surface area contributed by atoms with Gasteiger partial charge in [0.25, 0.3) is 0 Å². The normalized spacial score (nSPS) is 18.8. The Balaban J connectivity index is 1.60. The van der Waals surface area contributed by atoms with Gasteiger partial charge in [0, 0.05) is 11.1 Å². The van der Waals surface area contributed by atoms with Gasteiger partial charge in [0.15, 0.2) is 0 Å². The molecule has 6 rings (SSSR count). The molecule has 2 aliphatic heterocycles. The molecule has 5 heteroatoms. The minimum Gasteiger partial charge on any atom is -0.480 e. The monoisotopic (exact) mass is 420 g/mol. The molecule has 2 atom stereocenters. The molecule has 0 unspecified atom stereocenters. The van der Waals surface area contributed by atoms with Gasteiger partial charge in [0.05, 0.1) is 5.70 Å². The number of hydrogen-bond donors (Lipinski definition) is 1. The van der Waals surface area contributed by atoms with E-state index in [0.717, 1.165) is 46.1 Å². The van der Waals surface area contributed by atoms with Crippen LogP contribution < -0.4 is 10.1 Å². The zero-order valence-corrected chi connectivity index (χ0v) is 18.1. The molecule has 0 saturated carbocycles. The van der Waals surface area contributed by atoms with Gasteiger partial charge in [-0.3, -0.25) is 0 Å². The number of fused-ring (bicyclic) bond motifs is 3. The molecule has 158 valence electrons. The van der Waals surface area contributed by atoms with Crippen LogP contribution in [0.15, 0.2) is 84.7 Å². The number of anilines is 1. The van der Waals surface area contributed by atoms with Gasteiger partial charge in [-0.15, -0.1) is 0 Å². The van der Waals surface area contributed by atoms with E-state index in [9.17, 15) is 0 Å². The lowest BCUT2D eigenvalue weighted by Gasteiger charge is -2.39. The maximum atomic E-state index is 6.67. The number of benzene rings is 3. The Morgan fingerprint density at radius 3 is 2.47 bits per heavy atom. The highest BCUT2D eigenvalue weighted by atomic mass is 16.5. The molecule has 1 aromatic heterocycles. The number of nitrogens with zero attached hydrogens (tertiary/aromatic N) is 3. The van der Waals surface area contributed by atoms with Crippen molar-refractivity contribution in [1.82, 2.24) is 14.8 Å². The van der Waals surface area contributed by atoms with Crippen LogP contribution in [-0.4, -0.2) is 14.8 Å². The maximum Gasteiger partial charge on any atom is 0.226 e. The van der Waals surface area contributed by atoms with Crippen LogP contribution in [0.3, 0.4) is 0 Å². The first-order valence-electron chi connectivity index (χ1n) is 11.0. The molecule has 5 nitrogen and oxygen atoms in total. The highest BCUT2D eigenvalue weighted by molar-refractivity contribution is 5.85. The van der Waals surface area contributed by atoms with E-state index in [4.69, 9.17) is 4.74 Å². The average molecular weight is 421 g/mol. The molecule has 2 aliphatic rings. The maximum absolute atomic E-state index is 6.67. The van der Waals surface area contributed by atoms with Crippen molar-refractivity contribution in [2.24, 2.45) is 0 Å². The van der Waals surface area contributed by atoms with E-state index in [1.165, 1.54) is 11.1 Å². The summed E-state index contributed by atoms with van der Waals surface area (Å²) in [6.45, 7) is 4.28. The first-order valence-corrected chi connectivity index (χ1v) is 11.0. The first-order chi connectivity index (χ1) is 15.7. The summed E-state index contributed by atoms with van der Waals surface area (Å²) in [5.74, 6) is 1.62. The van der Waals surface area contributed by atoms with Crippen molar-refractivity contribution < 1.29 is 4.74 Å². The minimum absolute atomic E-state index is 0.117. The van der Waals surface area contributed by atoms with Crippen LogP contribution >= 0.6 is 0 Å². The molecule has 0 aliphatic carbocycles. The predicted octanol–water partition coefficient (Wildman–Crippen LogP) is 5.71. The Labute approximate surface area is 187 Å². The van der Waals surface area contributed by atoms with Crippen molar-refractivity contribution in [1.29, 1.82) is 0 Å². The van der Waals surface area contributed by atoms with Crippen LogP contribution in [0.1, 0.15) is 46.9 Å². The number of para-hydroxylation sites is 1. The lowest BCUT2D eigenvalue weighted by atomic mass is 9.84. The number of nitrogens with one attached hydrogen (secondary N) is 1. The van der Waals surface area contributed by atoms with Crippen molar-refractivity contribution >= 4 is 11.6 Å². The topological polar surface area (TPSA) is 52.0 Å². The highest BCUT2D eigenvalue weighted by Gasteiger charge is 2.40. The summed E-state index contributed by atoms with van der Waals surface area (Å²) in [4.78, 5) is 4.50. The van der Waals surface area contributed by atoms with Gasteiger partial charge in [-0.25, -0.2) is 4.68 Å². The van der Waals surface area contributed by atoms with Crippen LogP contribution in [0.5, 0.6) is 5.75 Å². The number of aromatic nitrogens is 3. The fraction of sp³-hybridized carbons (Fsp3) is 0.185. The van der Waals surface area contributed by atoms with E-state index in [1.54, 1.807) is 6.33 Å². The van der Waals surface area contributed by atoms with Crippen molar-refractivity contribution in [3.63, 3.8) is 0 Å². The lowest BCUT2D eigenvalue weighted by Crippen LogP contribution is -2.32. The smallest absolute Gasteiger partial charge is 0.226 e. The quantitative estimate of drug-likeness (QED) is 0.461. The second-order valence-electron chi connectivity index (χ2n) is 8.39. The molecule has 4 aromatic rings. The Morgan fingerprint density at radius 2 is 1.69 bits per heavy atom. The third-order valence-electron chi connectivity index (χ3n) is 6.41. The molecule has 3 heterocycles. The fourth-order valence-corrected chi connectivity index (χ4v) is 4.69. The Bertz CT molecular complexity index is 1320. The zero-order valence-electron chi connectivity index (χ0n) is 18.1. The standard InChI is InChI=1S/C27H24N4O/c1-3-18-10-14-20(15-11-18)26-23-24(21-6-4-5-7-22(21)32-26)30-27-28-16-29-31(27)25(23)19-12-8-17(2)9-13-19/h4-16,25-26H,3H2,1-2H3,(H,28,29,30)/t25-,26-/m1/s1. The summed E-state index contributed by atoms with van der Waals surface area (Å²) < 4.78 is 8.64. The SMILES string of the molecule is CCc1ccc([C@H]2Oc3ccccc3C3=C2[C@@H](c2ccc(C)cc2)n2ncnc2N3)cc1. The predicted molar refractivity (Wildman–Crippen MR) is 126 cm³/mol. The fourth-order valence-electron chi connectivity index (χ4n) is 4.69. The van der Waals surface area contributed by atoms with Crippen LogP contribution in [0.2, 0.25) is 0 Å². The third-order valence-corrected chi connectivity index (χ3v) is 6.41. The molecule has 0 saturated heterocycles. The molecule has 32 heavy (non-hydrogen) atoms. The molecule has 0 bridgehead atoms. The zero-order chi connectivity index (χ0) is 21.7. The summed E-state index contributed by atoms with van der Waals surface area (Å²) in [5, 5.41) is 8.15. The van der Waals surface area contributed by atoms with Gasteiger partial charge in [0.1, 0.15) is 24.2 Å². The Morgan fingerprint density at radius 1 is 0.938 bits per heavy atom. The Hall–Kier alpha value is -3.86. The molecule has 1 N–H and O–H groups in total. The average Bonchev–Trinajstić information content (AvgIpc) is 3.31. The van der Waals surface area contributed by atoms with E-state index in [2.05, 4.69) is 83.8 Å². The van der Waals surface area contributed by atoms with E-state index in [-0.39, 0.29) is 12.1 Å². The summed E-state index contributed by atoms with van der Waals surface area (Å²) in [6, 6.07) is 25.5. The Kier molecular flexibility index (Phi) is 4.35. The second-order valence-corrected chi connectivity index (χ2v) is 8.39. The number of ether oxygens (including phenoxy) is 1. The van der Waals surface area contributed by atoms with Crippen molar-refractivity contribution in [3.8, 4) is 5.75 Å². The lowest BCUT2D eigenvalue weighted by molar-refractivity contribution is 0.223. The molecule has 3 aromatic carbocycles. The van der Waals surface area contributed by atoms with Gasteiger partial charge < -0.3 is 10.1 Å². The van der Waals surface area contributed by atoms with E-state index < -0.39 is 0 Å². The highest BCUT2D eigenvalue weighted by Crippen LogP contribution is 2.50. The molecular formula is C27H24N4O. The van der Waals surface area contributed by atoms with Gasteiger partial charge in [-0.2, -0.15) is 10.1 Å². The van der Waals surface area contributed by atoms with E-state index in [1.807, 2.05) is 22.9 Å². The van der Waals surface area contributed by atoms with Crippen LogP contribution in [0.25, 0.3) is 5.70 Å². The number of rotatable bonds is 3. The van der Waals surface area contributed by atoms with Gasteiger partial charge in [-0.05, 0) is 42.2 Å².